The number of methoxy groups -OCH3 is 1. The third kappa shape index (κ3) is 2.40. The van der Waals surface area contributed by atoms with Gasteiger partial charge in [0, 0.05) is 5.56 Å². The van der Waals surface area contributed by atoms with E-state index in [-0.39, 0.29) is 11.5 Å². The van der Waals surface area contributed by atoms with Crippen LogP contribution in [0.25, 0.3) is 11.3 Å². The molecule has 0 fully saturated rings. The van der Waals surface area contributed by atoms with Crippen LogP contribution in [0.4, 0.5) is 0 Å². The number of nitrogens with two attached hydrogens (primary N) is 1. The number of furan rings is 1. The molecule has 1 aromatic carbocycles. The highest BCUT2D eigenvalue weighted by molar-refractivity contribution is 5.71. The largest absolute Gasteiger partial charge is 0.497 e. The number of aryl methyl sites for hydroxylation is 1. The predicted molar refractivity (Wildman–Crippen MR) is 93.3 cm³/mol. The van der Waals surface area contributed by atoms with E-state index in [1.165, 1.54) is 0 Å². The van der Waals surface area contributed by atoms with E-state index in [0.29, 0.717) is 23.0 Å². The van der Waals surface area contributed by atoms with Gasteiger partial charge in [-0.3, -0.25) is 5.10 Å². The molecule has 1 aliphatic heterocycles. The standard InChI is InChI=1S/C19H16N4O3/c1-10-6-7-14(25-10)15-13(9-20)18(21)26-19-16(15)17(22-23-19)11-4-3-5-12(8-11)24-2/h3-8,15H,21H2,1-2H3,(H,22,23)/t15-/m0/s1. The molecule has 7 nitrogen and oxygen atoms in total. The van der Waals surface area contributed by atoms with Gasteiger partial charge in [0.05, 0.1) is 24.3 Å². The van der Waals surface area contributed by atoms with Crippen molar-refractivity contribution in [2.45, 2.75) is 12.8 Å². The molecular formula is C19H16N4O3. The lowest BCUT2D eigenvalue weighted by atomic mass is 9.86. The lowest BCUT2D eigenvalue weighted by Crippen LogP contribution is -2.20. The summed E-state index contributed by atoms with van der Waals surface area (Å²) in [6, 6.07) is 13.4. The quantitative estimate of drug-likeness (QED) is 0.752. The number of aromatic amines is 1. The zero-order chi connectivity index (χ0) is 18.3. The molecule has 0 radical (unpaired) electrons. The normalized spacial score (nSPS) is 16.0. The summed E-state index contributed by atoms with van der Waals surface area (Å²) in [5, 5.41) is 16.9. The van der Waals surface area contributed by atoms with Gasteiger partial charge in [0.15, 0.2) is 0 Å². The van der Waals surface area contributed by atoms with Crippen LogP contribution in [0.2, 0.25) is 0 Å². The van der Waals surface area contributed by atoms with Gasteiger partial charge in [0.25, 0.3) is 0 Å². The Morgan fingerprint density at radius 1 is 1.31 bits per heavy atom. The van der Waals surface area contributed by atoms with Crippen molar-refractivity contribution >= 4 is 0 Å². The van der Waals surface area contributed by atoms with Crippen LogP contribution in [0.15, 0.2) is 52.3 Å². The fourth-order valence-electron chi connectivity index (χ4n) is 3.14. The zero-order valence-electron chi connectivity index (χ0n) is 14.2. The Kier molecular flexibility index (Phi) is 3.66. The maximum Gasteiger partial charge on any atom is 0.244 e. The molecular weight excluding hydrogens is 332 g/mol. The Hall–Kier alpha value is -3.66. The van der Waals surface area contributed by atoms with Crippen LogP contribution in [0, 0.1) is 18.3 Å². The number of ether oxygens (including phenoxy) is 2. The van der Waals surface area contributed by atoms with E-state index in [0.717, 1.165) is 17.0 Å². The fraction of sp³-hybridized carbons (Fsp3) is 0.158. The molecule has 1 atom stereocenters. The van der Waals surface area contributed by atoms with E-state index in [2.05, 4.69) is 16.3 Å². The Balaban J connectivity index is 1.93. The van der Waals surface area contributed by atoms with Crippen molar-refractivity contribution < 1.29 is 13.9 Å². The summed E-state index contributed by atoms with van der Waals surface area (Å²) in [6.07, 6.45) is 0. The van der Waals surface area contributed by atoms with E-state index in [9.17, 15) is 5.26 Å². The molecule has 0 bridgehead atoms. The van der Waals surface area contributed by atoms with Gasteiger partial charge in [-0.05, 0) is 31.2 Å². The van der Waals surface area contributed by atoms with Gasteiger partial charge in [-0.1, -0.05) is 12.1 Å². The average Bonchev–Trinajstić information content (AvgIpc) is 3.26. The zero-order valence-corrected chi connectivity index (χ0v) is 14.2. The first kappa shape index (κ1) is 15.8. The number of nitrogens with zero attached hydrogens (tertiary/aromatic N) is 2. The Bertz CT molecular complexity index is 1050. The number of benzene rings is 1. The summed E-state index contributed by atoms with van der Waals surface area (Å²) in [5.41, 5.74) is 8.52. The molecule has 2 aromatic heterocycles. The van der Waals surface area contributed by atoms with Crippen molar-refractivity contribution in [1.82, 2.24) is 10.2 Å². The number of nitrogens with one attached hydrogen (secondary N) is 1. The van der Waals surface area contributed by atoms with Crippen LogP contribution >= 0.6 is 0 Å². The Morgan fingerprint density at radius 3 is 2.85 bits per heavy atom. The molecule has 3 aromatic rings. The molecule has 0 saturated heterocycles. The first-order valence-corrected chi connectivity index (χ1v) is 7.99. The minimum Gasteiger partial charge on any atom is -0.497 e. The molecule has 26 heavy (non-hydrogen) atoms. The maximum absolute atomic E-state index is 9.65. The van der Waals surface area contributed by atoms with E-state index >= 15 is 0 Å². The molecule has 0 unspecified atom stereocenters. The minimum atomic E-state index is -0.502. The molecule has 7 heteroatoms. The topological polar surface area (TPSA) is 110 Å². The van der Waals surface area contributed by atoms with Crippen molar-refractivity contribution in [3.05, 3.63) is 64.9 Å². The Labute approximate surface area is 149 Å². The van der Waals surface area contributed by atoms with Gasteiger partial charge in [-0.25, -0.2) is 0 Å². The number of nitriles is 1. The number of hydrogen-bond donors (Lipinski definition) is 2. The average molecular weight is 348 g/mol. The molecule has 3 N–H and O–H groups in total. The van der Waals surface area contributed by atoms with Gasteiger partial charge in [-0.15, -0.1) is 5.10 Å². The molecule has 0 saturated carbocycles. The molecule has 1 aliphatic rings. The monoisotopic (exact) mass is 348 g/mol. The van der Waals surface area contributed by atoms with Crippen LogP contribution < -0.4 is 15.2 Å². The summed E-state index contributed by atoms with van der Waals surface area (Å²) in [4.78, 5) is 0. The number of allylic oxidation sites excluding steroid dienone is 1. The highest BCUT2D eigenvalue weighted by Gasteiger charge is 2.37. The van der Waals surface area contributed by atoms with Gasteiger partial charge in [0.1, 0.15) is 28.9 Å². The third-order valence-corrected chi connectivity index (χ3v) is 4.34. The van der Waals surface area contributed by atoms with Crippen LogP contribution in [0.1, 0.15) is 23.0 Å². The van der Waals surface area contributed by atoms with Gasteiger partial charge in [0.2, 0.25) is 11.8 Å². The molecule has 130 valence electrons. The Morgan fingerprint density at radius 2 is 2.15 bits per heavy atom. The summed E-state index contributed by atoms with van der Waals surface area (Å²) in [7, 11) is 1.61. The second-order valence-corrected chi connectivity index (χ2v) is 5.92. The van der Waals surface area contributed by atoms with Crippen molar-refractivity contribution in [2.24, 2.45) is 5.73 Å². The highest BCUT2D eigenvalue weighted by atomic mass is 16.5. The second kappa shape index (κ2) is 6.01. The van der Waals surface area contributed by atoms with Crippen LogP contribution in [-0.2, 0) is 0 Å². The summed E-state index contributed by atoms with van der Waals surface area (Å²) < 4.78 is 16.7. The molecule has 0 spiro atoms. The first-order valence-electron chi connectivity index (χ1n) is 7.99. The molecule has 4 rings (SSSR count). The van der Waals surface area contributed by atoms with E-state index in [1.807, 2.05) is 43.3 Å². The predicted octanol–water partition coefficient (Wildman–Crippen LogP) is 3.20. The van der Waals surface area contributed by atoms with Gasteiger partial charge in [-0.2, -0.15) is 5.26 Å². The van der Waals surface area contributed by atoms with Crippen molar-refractivity contribution in [3.63, 3.8) is 0 Å². The minimum absolute atomic E-state index is 0.0303. The maximum atomic E-state index is 9.65. The lowest BCUT2D eigenvalue weighted by molar-refractivity contribution is 0.369. The van der Waals surface area contributed by atoms with Crippen molar-refractivity contribution in [1.29, 1.82) is 5.26 Å². The molecule has 3 heterocycles. The van der Waals surface area contributed by atoms with E-state index < -0.39 is 5.92 Å². The van der Waals surface area contributed by atoms with Crippen LogP contribution in [-0.4, -0.2) is 17.3 Å². The second-order valence-electron chi connectivity index (χ2n) is 5.92. The van der Waals surface area contributed by atoms with Gasteiger partial charge >= 0.3 is 0 Å². The number of hydrogen-bond acceptors (Lipinski definition) is 6. The van der Waals surface area contributed by atoms with Crippen molar-refractivity contribution in [2.75, 3.05) is 7.11 Å². The smallest absolute Gasteiger partial charge is 0.244 e. The molecule has 0 aliphatic carbocycles. The van der Waals surface area contributed by atoms with Gasteiger partial charge < -0.3 is 19.6 Å². The SMILES string of the molecule is COc1cccc(-c2[nH]nc3c2[C@H](c2ccc(C)o2)C(C#N)=C(N)O3)c1. The first-order chi connectivity index (χ1) is 12.6. The van der Waals surface area contributed by atoms with E-state index in [4.69, 9.17) is 19.6 Å². The van der Waals surface area contributed by atoms with Crippen LogP contribution in [0.3, 0.4) is 0 Å². The third-order valence-electron chi connectivity index (χ3n) is 4.34. The number of aromatic nitrogens is 2. The summed E-state index contributed by atoms with van der Waals surface area (Å²) in [6.45, 7) is 1.85. The lowest BCUT2D eigenvalue weighted by Gasteiger charge is -2.22. The number of H-pyrrole nitrogens is 1. The summed E-state index contributed by atoms with van der Waals surface area (Å²) in [5.74, 6) is 1.93. The molecule has 0 amide bonds. The number of fused-ring (bicyclic) bond motifs is 1. The van der Waals surface area contributed by atoms with Crippen LogP contribution in [0.5, 0.6) is 11.6 Å². The number of rotatable bonds is 3. The summed E-state index contributed by atoms with van der Waals surface area (Å²) >= 11 is 0. The van der Waals surface area contributed by atoms with Crippen molar-refractivity contribution in [3.8, 4) is 29.0 Å². The van der Waals surface area contributed by atoms with E-state index in [1.54, 1.807) is 7.11 Å². The fourth-order valence-corrected chi connectivity index (χ4v) is 3.14. The highest BCUT2D eigenvalue weighted by Crippen LogP contribution is 2.46.